The maximum atomic E-state index is 2.71. The van der Waals surface area contributed by atoms with Gasteiger partial charge in [0.2, 0.25) is 0 Å². The topological polar surface area (TPSA) is 9.72 Å². The molecule has 0 N–H and O–H groups in total. The molecule has 0 bridgehead atoms. The van der Waals surface area contributed by atoms with E-state index >= 15 is 0 Å². The first kappa shape index (κ1) is 20.2. The van der Waals surface area contributed by atoms with Crippen molar-refractivity contribution in [1.82, 2.24) is 14.7 Å². The van der Waals surface area contributed by atoms with E-state index in [0.29, 0.717) is 0 Å². The Bertz CT molecular complexity index is 768. The van der Waals surface area contributed by atoms with Crippen LogP contribution in [0.4, 0.5) is 0 Å². The highest BCUT2D eigenvalue weighted by Crippen LogP contribution is 2.42. The number of nitrogens with zero attached hydrogens (tertiary/aromatic N) is 3. The van der Waals surface area contributed by atoms with Crippen LogP contribution < -0.4 is 0 Å². The number of benzene rings is 2. The fourth-order valence-corrected chi connectivity index (χ4v) is 5.59. The van der Waals surface area contributed by atoms with Gasteiger partial charge in [-0.05, 0) is 67.3 Å². The van der Waals surface area contributed by atoms with Crippen LogP contribution in [0.15, 0.2) is 54.6 Å². The second-order valence-corrected chi connectivity index (χ2v) is 9.82. The van der Waals surface area contributed by atoms with E-state index in [-0.39, 0.29) is 0 Å². The quantitative estimate of drug-likeness (QED) is 0.669. The molecule has 5 rings (SSSR count). The molecule has 1 saturated carbocycles. The predicted molar refractivity (Wildman–Crippen MR) is 125 cm³/mol. The van der Waals surface area contributed by atoms with Gasteiger partial charge in [-0.3, -0.25) is 9.80 Å². The van der Waals surface area contributed by atoms with Gasteiger partial charge in [0, 0.05) is 45.8 Å². The van der Waals surface area contributed by atoms with Crippen LogP contribution in [0.25, 0.3) is 0 Å². The second-order valence-electron chi connectivity index (χ2n) is 9.82. The first-order valence-corrected chi connectivity index (χ1v) is 12.1. The standard InChI is InChI=1S/C27H37N3/c1-2-6-23(7-3-1)20-29-14-16-30(17-15-29)22-25-18-27(19-25)26-10-8-24(9-11-26)21-28-12-4-5-13-28/h1-3,6-11,25,27H,4-5,12-22H2. The van der Waals surface area contributed by atoms with Crippen molar-refractivity contribution < 1.29 is 0 Å². The molecule has 3 aliphatic rings. The first-order chi connectivity index (χ1) is 14.8. The van der Waals surface area contributed by atoms with Crippen molar-refractivity contribution in [2.24, 2.45) is 5.92 Å². The van der Waals surface area contributed by atoms with E-state index in [1.54, 1.807) is 5.56 Å². The van der Waals surface area contributed by atoms with Crippen molar-refractivity contribution in [2.45, 2.75) is 44.7 Å². The minimum Gasteiger partial charge on any atom is -0.301 e. The molecule has 2 aromatic carbocycles. The summed E-state index contributed by atoms with van der Waals surface area (Å²) < 4.78 is 0. The van der Waals surface area contributed by atoms with Crippen molar-refractivity contribution in [3.05, 3.63) is 71.3 Å². The van der Waals surface area contributed by atoms with Crippen LogP contribution in [-0.2, 0) is 13.1 Å². The largest absolute Gasteiger partial charge is 0.301 e. The summed E-state index contributed by atoms with van der Waals surface area (Å²) in [5, 5.41) is 0. The summed E-state index contributed by atoms with van der Waals surface area (Å²) in [6.07, 6.45) is 5.53. The van der Waals surface area contributed by atoms with Crippen LogP contribution in [0.2, 0.25) is 0 Å². The van der Waals surface area contributed by atoms with Gasteiger partial charge in [-0.25, -0.2) is 0 Å². The van der Waals surface area contributed by atoms with Crippen LogP contribution in [0, 0.1) is 5.92 Å². The third-order valence-electron chi connectivity index (χ3n) is 7.52. The summed E-state index contributed by atoms with van der Waals surface area (Å²) in [7, 11) is 0. The van der Waals surface area contributed by atoms with Crippen LogP contribution in [0.5, 0.6) is 0 Å². The van der Waals surface area contributed by atoms with Crippen LogP contribution >= 0.6 is 0 Å². The van der Waals surface area contributed by atoms with Gasteiger partial charge in [0.05, 0.1) is 0 Å². The molecule has 3 heteroatoms. The molecule has 3 fully saturated rings. The number of piperazine rings is 1. The molecule has 2 heterocycles. The van der Waals surface area contributed by atoms with Gasteiger partial charge < -0.3 is 4.90 Å². The number of rotatable bonds is 7. The summed E-state index contributed by atoms with van der Waals surface area (Å²) in [4.78, 5) is 7.91. The summed E-state index contributed by atoms with van der Waals surface area (Å²) in [6, 6.07) is 20.5. The van der Waals surface area contributed by atoms with E-state index in [1.807, 2.05) is 0 Å². The molecule has 3 nitrogen and oxygen atoms in total. The molecule has 2 aliphatic heterocycles. The van der Waals surface area contributed by atoms with Gasteiger partial charge >= 0.3 is 0 Å². The lowest BCUT2D eigenvalue weighted by Crippen LogP contribution is -2.48. The van der Waals surface area contributed by atoms with E-state index in [0.717, 1.165) is 24.9 Å². The Balaban J connectivity index is 1.02. The Morgan fingerprint density at radius 2 is 1.17 bits per heavy atom. The maximum absolute atomic E-state index is 2.71. The normalized spacial score (nSPS) is 26.0. The SMILES string of the molecule is c1ccc(CN2CCN(CC3CC(c4ccc(CN5CCCC5)cc4)C3)CC2)cc1. The molecule has 0 aromatic heterocycles. The summed E-state index contributed by atoms with van der Waals surface area (Å²) in [5.74, 6) is 1.70. The number of hydrogen-bond donors (Lipinski definition) is 0. The molecule has 30 heavy (non-hydrogen) atoms. The number of hydrogen-bond acceptors (Lipinski definition) is 3. The Hall–Kier alpha value is -1.68. The van der Waals surface area contributed by atoms with Crippen molar-refractivity contribution in [3.8, 4) is 0 Å². The third kappa shape index (κ3) is 5.14. The van der Waals surface area contributed by atoms with Crippen molar-refractivity contribution in [2.75, 3.05) is 45.8 Å². The maximum Gasteiger partial charge on any atom is 0.0234 e. The lowest BCUT2D eigenvalue weighted by atomic mass is 9.71. The van der Waals surface area contributed by atoms with Gasteiger partial charge in [-0.2, -0.15) is 0 Å². The molecule has 0 radical (unpaired) electrons. The van der Waals surface area contributed by atoms with Gasteiger partial charge in [0.15, 0.2) is 0 Å². The lowest BCUT2D eigenvalue weighted by Gasteiger charge is -2.42. The smallest absolute Gasteiger partial charge is 0.0234 e. The molecule has 2 saturated heterocycles. The van der Waals surface area contributed by atoms with Crippen LogP contribution in [-0.4, -0.2) is 60.5 Å². The van der Waals surface area contributed by atoms with Crippen molar-refractivity contribution in [3.63, 3.8) is 0 Å². The Morgan fingerprint density at radius 1 is 0.600 bits per heavy atom. The zero-order chi connectivity index (χ0) is 20.2. The average Bonchev–Trinajstić information content (AvgIpc) is 3.26. The fourth-order valence-electron chi connectivity index (χ4n) is 5.59. The molecule has 0 atom stereocenters. The summed E-state index contributed by atoms with van der Waals surface area (Å²) in [6.45, 7) is 11.0. The molecule has 0 unspecified atom stereocenters. The van der Waals surface area contributed by atoms with Gasteiger partial charge in [0.25, 0.3) is 0 Å². The Labute approximate surface area is 182 Å². The zero-order valence-corrected chi connectivity index (χ0v) is 18.4. The second kappa shape index (κ2) is 9.64. The summed E-state index contributed by atoms with van der Waals surface area (Å²) >= 11 is 0. The van der Waals surface area contributed by atoms with E-state index in [9.17, 15) is 0 Å². The fraction of sp³-hybridized carbons (Fsp3) is 0.556. The minimum atomic E-state index is 0.801. The number of likely N-dealkylation sites (tertiary alicyclic amines) is 1. The van der Waals surface area contributed by atoms with Crippen molar-refractivity contribution >= 4 is 0 Å². The molecule has 2 aromatic rings. The minimum absolute atomic E-state index is 0.801. The molecule has 160 valence electrons. The Kier molecular flexibility index (Phi) is 6.50. The van der Waals surface area contributed by atoms with Gasteiger partial charge in [-0.1, -0.05) is 54.6 Å². The van der Waals surface area contributed by atoms with Crippen LogP contribution in [0.3, 0.4) is 0 Å². The van der Waals surface area contributed by atoms with E-state index in [2.05, 4.69) is 69.3 Å². The average molecular weight is 404 g/mol. The lowest BCUT2D eigenvalue weighted by molar-refractivity contribution is 0.0902. The molecule has 1 aliphatic carbocycles. The molecule has 0 amide bonds. The van der Waals surface area contributed by atoms with E-state index in [1.165, 1.54) is 82.6 Å². The molecular weight excluding hydrogens is 366 g/mol. The highest BCUT2D eigenvalue weighted by molar-refractivity contribution is 5.27. The van der Waals surface area contributed by atoms with Gasteiger partial charge in [-0.15, -0.1) is 0 Å². The highest BCUT2D eigenvalue weighted by atomic mass is 15.3. The van der Waals surface area contributed by atoms with Crippen molar-refractivity contribution in [1.29, 1.82) is 0 Å². The predicted octanol–water partition coefficient (Wildman–Crippen LogP) is 4.59. The molecule has 0 spiro atoms. The van der Waals surface area contributed by atoms with Crippen LogP contribution in [0.1, 0.15) is 48.3 Å². The van der Waals surface area contributed by atoms with Gasteiger partial charge in [0.1, 0.15) is 0 Å². The molecular formula is C27H37N3. The third-order valence-corrected chi connectivity index (χ3v) is 7.52. The monoisotopic (exact) mass is 403 g/mol. The Morgan fingerprint density at radius 3 is 1.83 bits per heavy atom. The summed E-state index contributed by atoms with van der Waals surface area (Å²) in [5.41, 5.74) is 4.51. The zero-order valence-electron chi connectivity index (χ0n) is 18.4. The van der Waals surface area contributed by atoms with E-state index in [4.69, 9.17) is 0 Å². The van der Waals surface area contributed by atoms with E-state index < -0.39 is 0 Å². The highest BCUT2D eigenvalue weighted by Gasteiger charge is 2.32. The first-order valence-electron chi connectivity index (χ1n) is 12.1.